The van der Waals surface area contributed by atoms with E-state index >= 15 is 0 Å². The molecule has 0 saturated heterocycles. The molecule has 0 bridgehead atoms. The van der Waals surface area contributed by atoms with Crippen LogP contribution in [0.1, 0.15) is 193 Å². The fourth-order valence-electron chi connectivity index (χ4n) is 7.75. The van der Waals surface area contributed by atoms with Crippen LogP contribution in [0.25, 0.3) is 0 Å². The molecule has 4 rings (SSSR count). The lowest BCUT2D eigenvalue weighted by Crippen LogP contribution is -2.26. The molecule has 4 aromatic rings. The molecular weight excluding hydrogens is 732 g/mol. The zero-order chi connectivity index (χ0) is 42.2. The summed E-state index contributed by atoms with van der Waals surface area (Å²) in [6, 6.07) is 29.4. The Morgan fingerprint density at radius 1 is 0.431 bits per heavy atom. The fraction of sp³-hybridized carbons (Fsp3) is 0.547. The maximum atomic E-state index is 10.8. The van der Waals surface area contributed by atoms with E-state index < -0.39 is 8.60 Å². The van der Waals surface area contributed by atoms with E-state index in [-0.39, 0.29) is 16.2 Å². The largest absolute Gasteiger partial charge is 0.530 e. The summed E-state index contributed by atoms with van der Waals surface area (Å²) < 4.78 is 19.8. The van der Waals surface area contributed by atoms with Crippen molar-refractivity contribution in [2.75, 3.05) is 0 Å². The van der Waals surface area contributed by atoms with Crippen molar-refractivity contribution in [3.63, 3.8) is 0 Å². The molecule has 0 aromatic heterocycles. The molecule has 0 aliphatic rings. The van der Waals surface area contributed by atoms with Crippen LogP contribution in [0.3, 0.4) is 0 Å². The van der Waals surface area contributed by atoms with Crippen LogP contribution in [0.5, 0.6) is 23.0 Å². The average molecular weight is 809 g/mol. The third kappa shape index (κ3) is 15.0. The van der Waals surface area contributed by atoms with Crippen LogP contribution in [-0.4, -0.2) is 5.11 Å². The standard InChI is InChI=1S/C53H77O4P/c1-11-13-15-17-19-21-23-25-41-27-32-44(33-28-41)55-58(56-45-34-29-42(30-35-45)26-24-22-20-18-16-14-12-2)57-46-36-37-47(48(40-46)51(3,4)5)53(9,10)43-31-38-50(54)49(39-43)52(6,7)8/h27-40,54H,11-26H2,1-10H3. The van der Waals surface area contributed by atoms with Crippen molar-refractivity contribution < 1.29 is 18.7 Å². The lowest BCUT2D eigenvalue weighted by Gasteiger charge is -2.34. The number of unbranched alkanes of at least 4 members (excludes halogenated alkanes) is 12. The van der Waals surface area contributed by atoms with Crippen LogP contribution in [0.15, 0.2) is 84.9 Å². The van der Waals surface area contributed by atoms with Gasteiger partial charge in [0.25, 0.3) is 0 Å². The van der Waals surface area contributed by atoms with Gasteiger partial charge in [-0.25, -0.2) is 0 Å². The number of aryl methyl sites for hydroxylation is 2. The Balaban J connectivity index is 1.54. The molecule has 0 saturated carbocycles. The normalized spacial score (nSPS) is 12.3. The van der Waals surface area contributed by atoms with E-state index in [1.54, 1.807) is 0 Å². The van der Waals surface area contributed by atoms with E-state index in [1.165, 1.54) is 112 Å². The molecule has 0 heterocycles. The number of benzene rings is 4. The van der Waals surface area contributed by atoms with E-state index in [0.717, 1.165) is 35.5 Å². The van der Waals surface area contributed by atoms with Crippen molar-refractivity contribution >= 4 is 8.60 Å². The van der Waals surface area contributed by atoms with Gasteiger partial charge in [-0.3, -0.25) is 0 Å². The smallest absolute Gasteiger partial charge is 0.508 e. The monoisotopic (exact) mass is 809 g/mol. The maximum Gasteiger partial charge on any atom is 0.530 e. The first kappa shape index (κ1) is 47.2. The van der Waals surface area contributed by atoms with Crippen LogP contribution in [0.4, 0.5) is 0 Å². The highest BCUT2D eigenvalue weighted by Crippen LogP contribution is 2.46. The second kappa shape index (κ2) is 22.8. The van der Waals surface area contributed by atoms with Crippen LogP contribution in [-0.2, 0) is 29.1 Å². The lowest BCUT2D eigenvalue weighted by molar-refractivity contribution is 0.387. The van der Waals surface area contributed by atoms with Crippen molar-refractivity contribution in [3.05, 3.63) is 118 Å². The van der Waals surface area contributed by atoms with Gasteiger partial charge < -0.3 is 18.7 Å². The van der Waals surface area contributed by atoms with Crippen molar-refractivity contribution in [2.24, 2.45) is 0 Å². The second-order valence-corrected chi connectivity index (χ2v) is 20.1. The van der Waals surface area contributed by atoms with E-state index in [1.807, 2.05) is 6.07 Å². The SMILES string of the molecule is CCCCCCCCCc1ccc(OP(Oc2ccc(CCCCCCCCC)cc2)Oc2ccc(C(C)(C)c3ccc(O)c(C(C)(C)C)c3)c(C(C)(C)C)c2)cc1. The summed E-state index contributed by atoms with van der Waals surface area (Å²) in [5, 5.41) is 10.8. The topological polar surface area (TPSA) is 47.9 Å². The van der Waals surface area contributed by atoms with E-state index in [4.69, 9.17) is 13.6 Å². The Morgan fingerprint density at radius 3 is 1.29 bits per heavy atom. The molecule has 4 nitrogen and oxygen atoms in total. The minimum atomic E-state index is -1.83. The summed E-state index contributed by atoms with van der Waals surface area (Å²) in [5.41, 5.74) is 6.51. The third-order valence-electron chi connectivity index (χ3n) is 11.5. The van der Waals surface area contributed by atoms with Gasteiger partial charge >= 0.3 is 8.60 Å². The Morgan fingerprint density at radius 2 is 0.845 bits per heavy atom. The average Bonchev–Trinajstić information content (AvgIpc) is 3.17. The van der Waals surface area contributed by atoms with Gasteiger partial charge in [-0.2, -0.15) is 0 Å². The van der Waals surface area contributed by atoms with Crippen LogP contribution < -0.4 is 13.6 Å². The molecule has 0 aliphatic heterocycles. The molecule has 0 unspecified atom stereocenters. The van der Waals surface area contributed by atoms with Crippen LogP contribution in [0, 0.1) is 0 Å². The van der Waals surface area contributed by atoms with Crippen molar-refractivity contribution in [2.45, 2.75) is 188 Å². The summed E-state index contributed by atoms with van der Waals surface area (Å²) in [6.45, 7) is 22.3. The predicted octanol–water partition coefficient (Wildman–Crippen LogP) is 16.7. The molecule has 318 valence electrons. The molecule has 0 fully saturated rings. The number of phenols is 1. The van der Waals surface area contributed by atoms with E-state index in [9.17, 15) is 5.11 Å². The first-order chi connectivity index (χ1) is 27.6. The summed E-state index contributed by atoms with van der Waals surface area (Å²) >= 11 is 0. The lowest BCUT2D eigenvalue weighted by atomic mass is 9.70. The molecule has 0 atom stereocenters. The van der Waals surface area contributed by atoms with Crippen molar-refractivity contribution in [3.8, 4) is 23.0 Å². The van der Waals surface area contributed by atoms with Crippen molar-refractivity contribution in [1.29, 1.82) is 0 Å². The Bertz CT molecular complexity index is 1720. The molecule has 5 heteroatoms. The highest BCUT2D eigenvalue weighted by atomic mass is 31.2. The molecule has 1 N–H and O–H groups in total. The van der Waals surface area contributed by atoms with Gasteiger partial charge in [-0.1, -0.05) is 189 Å². The molecule has 0 radical (unpaired) electrons. The third-order valence-corrected chi connectivity index (χ3v) is 12.6. The maximum absolute atomic E-state index is 10.8. The molecule has 4 aromatic carbocycles. The summed E-state index contributed by atoms with van der Waals surface area (Å²) in [6.07, 6.45) is 20.5. The highest BCUT2D eigenvalue weighted by molar-refractivity contribution is 7.43. The summed E-state index contributed by atoms with van der Waals surface area (Å²) in [5.74, 6) is 2.52. The molecular formula is C53H77O4P. The Kier molecular flexibility index (Phi) is 18.5. The quantitative estimate of drug-likeness (QED) is 0.0566. The van der Waals surface area contributed by atoms with E-state index in [2.05, 4.69) is 148 Å². The highest BCUT2D eigenvalue weighted by Gasteiger charge is 2.33. The zero-order valence-electron chi connectivity index (χ0n) is 38.0. The van der Waals surface area contributed by atoms with Gasteiger partial charge in [0.1, 0.15) is 23.0 Å². The zero-order valence-corrected chi connectivity index (χ0v) is 38.9. The van der Waals surface area contributed by atoms with Gasteiger partial charge in [-0.05, 0) is 112 Å². The molecule has 0 amide bonds. The van der Waals surface area contributed by atoms with Gasteiger partial charge in [0, 0.05) is 5.41 Å². The van der Waals surface area contributed by atoms with Crippen LogP contribution >= 0.6 is 8.60 Å². The van der Waals surface area contributed by atoms with Gasteiger partial charge in [0.2, 0.25) is 0 Å². The van der Waals surface area contributed by atoms with Gasteiger partial charge in [-0.15, -0.1) is 0 Å². The van der Waals surface area contributed by atoms with Gasteiger partial charge in [0.15, 0.2) is 0 Å². The molecule has 58 heavy (non-hydrogen) atoms. The summed E-state index contributed by atoms with van der Waals surface area (Å²) in [4.78, 5) is 0. The second-order valence-electron chi connectivity index (χ2n) is 19.1. The minimum absolute atomic E-state index is 0.170. The van der Waals surface area contributed by atoms with Crippen LogP contribution in [0.2, 0.25) is 0 Å². The first-order valence-corrected chi connectivity index (χ1v) is 23.7. The van der Waals surface area contributed by atoms with E-state index in [0.29, 0.717) is 11.5 Å². The predicted molar refractivity (Wildman–Crippen MR) is 249 cm³/mol. The Hall–Kier alpha value is -3.49. The molecule has 0 aliphatic carbocycles. The van der Waals surface area contributed by atoms with Gasteiger partial charge in [0.05, 0.1) is 0 Å². The fourth-order valence-corrected chi connectivity index (χ4v) is 8.73. The number of aromatic hydroxyl groups is 1. The minimum Gasteiger partial charge on any atom is -0.508 e. The summed E-state index contributed by atoms with van der Waals surface area (Å²) in [7, 11) is -1.83. The number of hydrogen-bond acceptors (Lipinski definition) is 4. The first-order valence-electron chi connectivity index (χ1n) is 22.6. The number of rotatable bonds is 24. The number of hydrogen-bond donors (Lipinski definition) is 1. The van der Waals surface area contributed by atoms with Crippen molar-refractivity contribution in [1.82, 2.24) is 0 Å². The number of phenolic OH excluding ortho intramolecular Hbond substituents is 1. The molecule has 0 spiro atoms. The Labute approximate surface area is 355 Å².